The normalized spacial score (nSPS) is 19.5. The number of aliphatic hydroxyl groups excluding tert-OH is 1. The predicted octanol–water partition coefficient (Wildman–Crippen LogP) is -1.07. The van der Waals surface area contributed by atoms with E-state index in [2.05, 4.69) is 21.1 Å². The second kappa shape index (κ2) is 12.7. The Hall–Kier alpha value is -2.87. The lowest BCUT2D eigenvalue weighted by molar-refractivity contribution is -0.134. The van der Waals surface area contributed by atoms with Crippen molar-refractivity contribution in [2.45, 2.75) is 57.5 Å². The van der Waals surface area contributed by atoms with E-state index in [1.807, 2.05) is 13.8 Å². The van der Waals surface area contributed by atoms with Crippen molar-refractivity contribution in [2.75, 3.05) is 34.0 Å². The van der Waals surface area contributed by atoms with Crippen molar-refractivity contribution in [3.8, 4) is 0 Å². The first-order valence-electron chi connectivity index (χ1n) is 11.2. The van der Waals surface area contributed by atoms with Crippen LogP contribution in [0.4, 0.5) is 0 Å². The molecule has 0 unspecified atom stereocenters. The predicted molar refractivity (Wildman–Crippen MR) is 120 cm³/mol. The van der Waals surface area contributed by atoms with Crippen LogP contribution in [0.1, 0.15) is 43.4 Å². The molecule has 196 valence electrons. The Balaban J connectivity index is 2.08. The zero-order valence-corrected chi connectivity index (χ0v) is 20.6. The third-order valence-electron chi connectivity index (χ3n) is 5.31. The SMILES string of the molecule is COC[C@H](NC(=O)c1cc(CO)on1)C(=O)N[C@@H](COC)C(=O)N[C@@H](CC(C)C)C(=O)[C@]1(C)CO1. The van der Waals surface area contributed by atoms with Gasteiger partial charge in [-0.25, -0.2) is 0 Å². The fraction of sp³-hybridized carbons (Fsp3) is 0.682. The highest BCUT2D eigenvalue weighted by Crippen LogP contribution is 2.29. The maximum Gasteiger partial charge on any atom is 0.274 e. The van der Waals surface area contributed by atoms with Crippen molar-refractivity contribution in [2.24, 2.45) is 5.92 Å². The summed E-state index contributed by atoms with van der Waals surface area (Å²) in [5.41, 5.74) is -1.06. The molecular weight excluding hydrogens is 464 g/mol. The smallest absolute Gasteiger partial charge is 0.274 e. The van der Waals surface area contributed by atoms with Crippen LogP contribution < -0.4 is 16.0 Å². The maximum absolute atomic E-state index is 13.0. The lowest BCUT2D eigenvalue weighted by Crippen LogP contribution is -2.58. The second-order valence-corrected chi connectivity index (χ2v) is 8.91. The Bertz CT molecular complexity index is 897. The molecule has 35 heavy (non-hydrogen) atoms. The minimum atomic E-state index is -1.18. The summed E-state index contributed by atoms with van der Waals surface area (Å²) in [5, 5.41) is 20.3. The van der Waals surface area contributed by atoms with Gasteiger partial charge in [0.25, 0.3) is 5.91 Å². The molecular formula is C22H34N4O9. The Labute approximate surface area is 203 Å². The largest absolute Gasteiger partial charge is 0.388 e. The Morgan fingerprint density at radius 2 is 1.60 bits per heavy atom. The number of carbonyl (C=O) groups excluding carboxylic acids is 4. The van der Waals surface area contributed by atoms with E-state index in [0.29, 0.717) is 6.42 Å². The van der Waals surface area contributed by atoms with Gasteiger partial charge in [0.05, 0.1) is 25.9 Å². The molecule has 0 aliphatic carbocycles. The van der Waals surface area contributed by atoms with Gasteiger partial charge in [-0.05, 0) is 19.3 Å². The number of nitrogens with one attached hydrogen (secondary N) is 3. The molecule has 1 aromatic heterocycles. The molecule has 0 bridgehead atoms. The van der Waals surface area contributed by atoms with Gasteiger partial charge in [0.1, 0.15) is 24.3 Å². The summed E-state index contributed by atoms with van der Waals surface area (Å²) in [4.78, 5) is 51.2. The van der Waals surface area contributed by atoms with Gasteiger partial charge in [-0.3, -0.25) is 19.2 Å². The summed E-state index contributed by atoms with van der Waals surface area (Å²) < 4.78 is 20.1. The van der Waals surface area contributed by atoms with Crippen LogP contribution in [-0.2, 0) is 35.2 Å². The summed E-state index contributed by atoms with van der Waals surface area (Å²) in [6.07, 6.45) is 0.396. The van der Waals surface area contributed by atoms with Crippen molar-refractivity contribution >= 4 is 23.5 Å². The summed E-state index contributed by atoms with van der Waals surface area (Å²) in [5.74, 6) is -2.11. The topological polar surface area (TPSA) is 182 Å². The van der Waals surface area contributed by atoms with E-state index in [4.69, 9.17) is 23.8 Å². The van der Waals surface area contributed by atoms with Crippen molar-refractivity contribution in [1.82, 2.24) is 21.1 Å². The van der Waals surface area contributed by atoms with Crippen LogP contribution in [-0.4, -0.2) is 91.5 Å². The van der Waals surface area contributed by atoms with Crippen LogP contribution in [0.5, 0.6) is 0 Å². The molecule has 1 aromatic rings. The second-order valence-electron chi connectivity index (χ2n) is 8.91. The monoisotopic (exact) mass is 498 g/mol. The fourth-order valence-electron chi connectivity index (χ4n) is 3.29. The molecule has 2 heterocycles. The van der Waals surface area contributed by atoms with Gasteiger partial charge in [-0.15, -0.1) is 0 Å². The lowest BCUT2D eigenvalue weighted by atomic mass is 9.93. The average Bonchev–Trinajstić information content (AvgIpc) is 3.37. The van der Waals surface area contributed by atoms with Crippen LogP contribution in [0, 0.1) is 5.92 Å². The molecule has 1 fully saturated rings. The van der Waals surface area contributed by atoms with Crippen LogP contribution in [0.15, 0.2) is 10.6 Å². The van der Waals surface area contributed by atoms with Crippen LogP contribution in [0.3, 0.4) is 0 Å². The number of hydrogen-bond donors (Lipinski definition) is 4. The van der Waals surface area contributed by atoms with Gasteiger partial charge in [-0.2, -0.15) is 0 Å². The third-order valence-corrected chi connectivity index (χ3v) is 5.31. The van der Waals surface area contributed by atoms with E-state index in [9.17, 15) is 19.2 Å². The Morgan fingerprint density at radius 3 is 2.06 bits per heavy atom. The zero-order chi connectivity index (χ0) is 26.2. The van der Waals surface area contributed by atoms with E-state index >= 15 is 0 Å². The highest BCUT2D eigenvalue weighted by atomic mass is 16.6. The van der Waals surface area contributed by atoms with Crippen molar-refractivity contribution in [3.63, 3.8) is 0 Å². The molecule has 4 N–H and O–H groups in total. The van der Waals surface area contributed by atoms with E-state index in [-0.39, 0.29) is 43.0 Å². The zero-order valence-electron chi connectivity index (χ0n) is 20.6. The third kappa shape index (κ3) is 8.09. The van der Waals surface area contributed by atoms with Gasteiger partial charge in [-0.1, -0.05) is 19.0 Å². The molecule has 3 amide bonds. The minimum absolute atomic E-state index is 0.0793. The highest BCUT2D eigenvalue weighted by Gasteiger charge is 2.50. The van der Waals surface area contributed by atoms with Gasteiger partial charge in [0.15, 0.2) is 17.2 Å². The number of epoxide rings is 1. The maximum atomic E-state index is 13.0. The number of carbonyl (C=O) groups is 4. The summed E-state index contributed by atoms with van der Waals surface area (Å²) in [6.45, 7) is 4.98. The van der Waals surface area contributed by atoms with Crippen LogP contribution >= 0.6 is 0 Å². The molecule has 0 spiro atoms. The fourth-order valence-corrected chi connectivity index (χ4v) is 3.29. The van der Waals surface area contributed by atoms with Crippen LogP contribution in [0.2, 0.25) is 0 Å². The van der Waals surface area contributed by atoms with E-state index in [0.717, 1.165) is 0 Å². The van der Waals surface area contributed by atoms with Crippen molar-refractivity contribution < 1.29 is 43.0 Å². The molecule has 1 saturated heterocycles. The first-order valence-corrected chi connectivity index (χ1v) is 11.2. The van der Waals surface area contributed by atoms with Gasteiger partial charge >= 0.3 is 0 Å². The van der Waals surface area contributed by atoms with E-state index < -0.39 is 48.1 Å². The first kappa shape index (κ1) is 28.4. The summed E-state index contributed by atoms with van der Waals surface area (Å²) in [6, 6.07) is -1.89. The molecule has 1 aliphatic heterocycles. The standard InChI is InChI=1S/C22H34N4O9/c1-12(2)6-14(18(28)22(3)11-34-22)23-20(30)16(9-32-4)25-21(31)17(10-33-5)24-19(29)15-7-13(8-27)35-26-15/h7,12,14,16-17,27H,6,8-11H2,1-5H3,(H,23,30)(H,24,29)(H,25,31)/t14-,16-,17-,22-/m0/s1. The minimum Gasteiger partial charge on any atom is -0.388 e. The summed E-state index contributed by atoms with van der Waals surface area (Å²) in [7, 11) is 2.70. The van der Waals surface area contributed by atoms with Crippen molar-refractivity contribution in [1.29, 1.82) is 0 Å². The molecule has 0 saturated carbocycles. The highest BCUT2D eigenvalue weighted by molar-refractivity contribution is 5.99. The van der Waals surface area contributed by atoms with E-state index in [1.165, 1.54) is 20.3 Å². The average molecular weight is 499 g/mol. The Morgan fingerprint density at radius 1 is 1.06 bits per heavy atom. The number of aromatic nitrogens is 1. The van der Waals surface area contributed by atoms with Gasteiger partial charge in [0, 0.05) is 20.3 Å². The Kier molecular flexibility index (Phi) is 10.3. The molecule has 13 heteroatoms. The molecule has 0 aromatic carbocycles. The number of ether oxygens (including phenoxy) is 3. The molecule has 0 radical (unpaired) electrons. The molecule has 4 atom stereocenters. The van der Waals surface area contributed by atoms with Crippen LogP contribution in [0.25, 0.3) is 0 Å². The number of rotatable bonds is 15. The summed E-state index contributed by atoms with van der Waals surface area (Å²) >= 11 is 0. The van der Waals surface area contributed by atoms with Gasteiger partial charge < -0.3 is 39.8 Å². The number of amides is 3. The van der Waals surface area contributed by atoms with Gasteiger partial charge in [0.2, 0.25) is 11.8 Å². The molecule has 2 rings (SSSR count). The number of aliphatic hydroxyl groups is 1. The van der Waals surface area contributed by atoms with E-state index in [1.54, 1.807) is 6.92 Å². The number of Topliss-reactive ketones (excluding diaryl/α,β-unsaturated/α-hetero) is 1. The number of hydrogen-bond acceptors (Lipinski definition) is 10. The molecule has 13 nitrogen and oxygen atoms in total. The first-order chi connectivity index (χ1) is 16.5. The number of nitrogens with zero attached hydrogens (tertiary/aromatic N) is 1. The quantitative estimate of drug-likeness (QED) is 0.217. The lowest BCUT2D eigenvalue weighted by Gasteiger charge is -2.26. The number of ketones is 1. The number of methoxy groups -OCH3 is 2. The van der Waals surface area contributed by atoms with Crippen molar-refractivity contribution in [3.05, 3.63) is 17.5 Å². The molecule has 1 aliphatic rings.